The molecule has 6 heteroatoms. The van der Waals surface area contributed by atoms with Gasteiger partial charge in [-0.1, -0.05) is 11.6 Å². The van der Waals surface area contributed by atoms with Crippen LogP contribution in [0.3, 0.4) is 0 Å². The number of pyridine rings is 1. The Morgan fingerprint density at radius 2 is 2.36 bits per heavy atom. The van der Waals surface area contributed by atoms with Gasteiger partial charge >= 0.3 is 0 Å². The van der Waals surface area contributed by atoms with Gasteiger partial charge in [0.2, 0.25) is 5.91 Å². The minimum absolute atomic E-state index is 0.121. The Morgan fingerprint density at radius 1 is 1.59 bits per heavy atom. The minimum Gasteiger partial charge on any atom is -0.387 e. The summed E-state index contributed by atoms with van der Waals surface area (Å²) >= 11 is 6.25. The molecule has 1 atom stereocenters. The Hall–Kier alpha value is -1.85. The lowest BCUT2D eigenvalue weighted by molar-refractivity contribution is -0.117. The quantitative estimate of drug-likeness (QED) is 0.852. The molecule has 0 aliphatic carbocycles. The number of aliphatic hydroxyl groups is 1. The molecular weight excluding hydrogens is 302 g/mol. The van der Waals surface area contributed by atoms with Crippen molar-refractivity contribution < 1.29 is 9.90 Å². The van der Waals surface area contributed by atoms with E-state index in [1.165, 1.54) is 0 Å². The third kappa shape index (κ3) is 2.40. The number of aromatic nitrogens is 2. The molecule has 0 spiro atoms. The number of hydrogen-bond donors (Lipinski definition) is 2. The number of nitrogens with two attached hydrogens (primary N) is 1. The van der Waals surface area contributed by atoms with Crippen LogP contribution < -0.4 is 5.73 Å². The Balaban J connectivity index is 2.27. The summed E-state index contributed by atoms with van der Waals surface area (Å²) in [5.41, 5.74) is 9.65. The van der Waals surface area contributed by atoms with Gasteiger partial charge in [0.05, 0.1) is 23.9 Å². The third-order valence-electron chi connectivity index (χ3n) is 4.22. The number of halogens is 1. The number of nitrogens with zero attached hydrogens (tertiary/aromatic N) is 2. The zero-order valence-electron chi connectivity index (χ0n) is 12.3. The summed E-state index contributed by atoms with van der Waals surface area (Å²) in [6.45, 7) is 2.72. The summed E-state index contributed by atoms with van der Waals surface area (Å²) in [5, 5.41) is 10.8. The van der Waals surface area contributed by atoms with Gasteiger partial charge < -0.3 is 15.4 Å². The van der Waals surface area contributed by atoms with Crippen molar-refractivity contribution in [3.05, 3.63) is 40.3 Å². The summed E-state index contributed by atoms with van der Waals surface area (Å²) in [7, 11) is 0. The summed E-state index contributed by atoms with van der Waals surface area (Å²) in [4.78, 5) is 15.6. The summed E-state index contributed by atoms with van der Waals surface area (Å²) in [6.07, 6.45) is 2.75. The first-order chi connectivity index (χ1) is 10.5. The number of hydrogen-bond acceptors (Lipinski definition) is 3. The van der Waals surface area contributed by atoms with Gasteiger partial charge in [-0.3, -0.25) is 4.79 Å². The topological polar surface area (TPSA) is 81.1 Å². The van der Waals surface area contributed by atoms with Crippen LogP contribution in [-0.2, 0) is 17.8 Å². The Kier molecular flexibility index (Phi) is 3.93. The van der Waals surface area contributed by atoms with Crippen LogP contribution in [0.15, 0.2) is 18.3 Å². The van der Waals surface area contributed by atoms with Crippen LogP contribution in [0.1, 0.15) is 35.8 Å². The van der Waals surface area contributed by atoms with E-state index in [4.69, 9.17) is 17.3 Å². The van der Waals surface area contributed by atoms with Crippen molar-refractivity contribution >= 4 is 17.5 Å². The fraction of sp³-hybridized carbons (Fsp3) is 0.375. The molecule has 3 N–H and O–H groups in total. The van der Waals surface area contributed by atoms with Crippen molar-refractivity contribution in [1.29, 1.82) is 0 Å². The first-order valence-corrected chi connectivity index (χ1v) is 7.67. The van der Waals surface area contributed by atoms with Gasteiger partial charge in [0.15, 0.2) is 0 Å². The number of fused-ring (bicyclic) bond motifs is 1. The van der Waals surface area contributed by atoms with Gasteiger partial charge in [0.25, 0.3) is 0 Å². The van der Waals surface area contributed by atoms with Crippen LogP contribution in [-0.4, -0.2) is 20.6 Å². The molecule has 1 aliphatic heterocycles. The van der Waals surface area contributed by atoms with E-state index in [1.807, 2.05) is 19.1 Å². The molecule has 116 valence electrons. The van der Waals surface area contributed by atoms with Crippen molar-refractivity contribution in [1.82, 2.24) is 9.55 Å². The van der Waals surface area contributed by atoms with Gasteiger partial charge in [-0.05, 0) is 43.0 Å². The van der Waals surface area contributed by atoms with E-state index in [9.17, 15) is 9.90 Å². The zero-order valence-corrected chi connectivity index (χ0v) is 13.1. The maximum atomic E-state index is 11.4. The maximum absolute atomic E-state index is 11.4. The standard InChI is InChI=1S/C16H18ClN3O2/c1-9-11(8-13(18)22)15-12(21)5-3-7-20(15)14(9)10-4-2-6-19-16(10)17/h2,4,6,12,21H,3,5,7-8H2,1H3,(H2,18,22). The number of carbonyl (C=O) groups is 1. The van der Waals surface area contributed by atoms with E-state index < -0.39 is 12.0 Å². The average Bonchev–Trinajstić information content (AvgIpc) is 2.73. The molecule has 3 heterocycles. The SMILES string of the molecule is Cc1c(CC(N)=O)c2n(c1-c1cccnc1Cl)CCCC2O. The lowest BCUT2D eigenvalue weighted by atomic mass is 9.99. The molecule has 2 aromatic rings. The van der Waals surface area contributed by atoms with Gasteiger partial charge in [-0.2, -0.15) is 0 Å². The maximum Gasteiger partial charge on any atom is 0.221 e. The highest BCUT2D eigenvalue weighted by Gasteiger charge is 2.29. The van der Waals surface area contributed by atoms with Crippen molar-refractivity contribution in [2.75, 3.05) is 0 Å². The molecule has 0 aromatic carbocycles. The Morgan fingerprint density at radius 3 is 3.05 bits per heavy atom. The van der Waals surface area contributed by atoms with Crippen LogP contribution in [0.5, 0.6) is 0 Å². The summed E-state index contributed by atoms with van der Waals surface area (Å²) in [5.74, 6) is -0.405. The highest BCUT2D eigenvalue weighted by atomic mass is 35.5. The zero-order chi connectivity index (χ0) is 15.9. The van der Waals surface area contributed by atoms with Crippen LogP contribution in [0, 0.1) is 6.92 Å². The van der Waals surface area contributed by atoms with Crippen molar-refractivity contribution in [2.24, 2.45) is 5.73 Å². The van der Waals surface area contributed by atoms with Crippen LogP contribution in [0.4, 0.5) is 0 Å². The largest absolute Gasteiger partial charge is 0.387 e. The first kappa shape index (κ1) is 15.1. The fourth-order valence-corrected chi connectivity index (χ4v) is 3.53. The molecule has 22 heavy (non-hydrogen) atoms. The first-order valence-electron chi connectivity index (χ1n) is 7.29. The Bertz CT molecular complexity index is 739. The molecule has 0 radical (unpaired) electrons. The fourth-order valence-electron chi connectivity index (χ4n) is 3.32. The van der Waals surface area contributed by atoms with Crippen LogP contribution in [0.25, 0.3) is 11.3 Å². The third-order valence-corrected chi connectivity index (χ3v) is 4.52. The molecule has 0 saturated heterocycles. The normalized spacial score (nSPS) is 17.3. The molecule has 0 bridgehead atoms. The van der Waals surface area contributed by atoms with Gasteiger partial charge in [0.1, 0.15) is 5.15 Å². The van der Waals surface area contributed by atoms with E-state index >= 15 is 0 Å². The second kappa shape index (κ2) is 5.74. The number of rotatable bonds is 3. The minimum atomic E-state index is -0.578. The number of primary amides is 1. The van der Waals surface area contributed by atoms with Crippen molar-refractivity contribution in [3.63, 3.8) is 0 Å². The molecular formula is C16H18ClN3O2. The van der Waals surface area contributed by atoms with E-state index in [1.54, 1.807) is 6.20 Å². The predicted octanol–water partition coefficient (Wildman–Crippen LogP) is 2.37. The molecule has 1 aliphatic rings. The second-order valence-electron chi connectivity index (χ2n) is 5.63. The molecule has 0 fully saturated rings. The van der Waals surface area contributed by atoms with Gasteiger partial charge in [0, 0.05) is 18.3 Å². The monoisotopic (exact) mass is 319 g/mol. The molecule has 1 unspecified atom stereocenters. The van der Waals surface area contributed by atoms with Gasteiger partial charge in [-0.25, -0.2) is 4.98 Å². The van der Waals surface area contributed by atoms with E-state index in [2.05, 4.69) is 9.55 Å². The van der Waals surface area contributed by atoms with E-state index in [0.717, 1.165) is 41.0 Å². The smallest absolute Gasteiger partial charge is 0.221 e. The van der Waals surface area contributed by atoms with Crippen LogP contribution in [0.2, 0.25) is 5.15 Å². The molecule has 2 aromatic heterocycles. The lowest BCUT2D eigenvalue weighted by Gasteiger charge is -2.24. The average molecular weight is 320 g/mol. The molecule has 0 saturated carbocycles. The van der Waals surface area contributed by atoms with E-state index in [0.29, 0.717) is 11.6 Å². The molecule has 5 nitrogen and oxygen atoms in total. The number of amides is 1. The number of carbonyl (C=O) groups excluding carboxylic acids is 1. The van der Waals surface area contributed by atoms with Crippen molar-refractivity contribution in [2.45, 2.75) is 38.8 Å². The second-order valence-corrected chi connectivity index (χ2v) is 5.99. The summed E-state index contributed by atoms with van der Waals surface area (Å²) in [6, 6.07) is 3.73. The lowest BCUT2D eigenvalue weighted by Crippen LogP contribution is -2.20. The number of aliphatic hydroxyl groups excluding tert-OH is 1. The highest BCUT2D eigenvalue weighted by molar-refractivity contribution is 6.32. The van der Waals surface area contributed by atoms with Crippen LogP contribution >= 0.6 is 11.6 Å². The Labute approximate surface area is 133 Å². The van der Waals surface area contributed by atoms with Crippen molar-refractivity contribution in [3.8, 4) is 11.3 Å². The van der Waals surface area contributed by atoms with Gasteiger partial charge in [-0.15, -0.1) is 0 Å². The highest BCUT2D eigenvalue weighted by Crippen LogP contribution is 2.40. The predicted molar refractivity (Wildman–Crippen MR) is 84.5 cm³/mol. The van der Waals surface area contributed by atoms with E-state index in [-0.39, 0.29) is 6.42 Å². The molecule has 3 rings (SSSR count). The molecule has 1 amide bonds. The summed E-state index contributed by atoms with van der Waals surface area (Å²) < 4.78 is 2.06.